The molecule has 0 radical (unpaired) electrons. The van der Waals surface area contributed by atoms with Crippen molar-refractivity contribution in [2.24, 2.45) is 0 Å². The van der Waals surface area contributed by atoms with Crippen LogP contribution >= 0.6 is 23.2 Å². The number of ether oxygens (including phenoxy) is 1. The van der Waals surface area contributed by atoms with Gasteiger partial charge >= 0.3 is 5.97 Å². The summed E-state index contributed by atoms with van der Waals surface area (Å²) >= 11 is 12.7. The van der Waals surface area contributed by atoms with E-state index < -0.39 is 5.41 Å². The molecule has 1 fully saturated rings. The third-order valence-electron chi connectivity index (χ3n) is 7.71. The molecule has 0 spiro atoms. The first-order chi connectivity index (χ1) is 19.9. The number of benzene rings is 3. The van der Waals surface area contributed by atoms with E-state index in [-0.39, 0.29) is 5.97 Å². The van der Waals surface area contributed by atoms with Crippen LogP contribution in [0, 0.1) is 6.92 Å². The van der Waals surface area contributed by atoms with Crippen LogP contribution in [0.5, 0.6) is 0 Å². The van der Waals surface area contributed by atoms with E-state index in [0.29, 0.717) is 23.1 Å². The zero-order valence-corrected chi connectivity index (χ0v) is 24.3. The number of carbonyl (C=O) groups excluding carboxylic acids is 1. The average molecular weight is 584 g/mol. The van der Waals surface area contributed by atoms with Gasteiger partial charge in [0.25, 0.3) is 0 Å². The molecule has 41 heavy (non-hydrogen) atoms. The minimum Gasteiger partial charge on any atom is -0.465 e. The maximum atomic E-state index is 12.5. The number of hydrogen-bond acceptors (Lipinski definition) is 5. The Morgan fingerprint density at radius 2 is 1.56 bits per heavy atom. The summed E-state index contributed by atoms with van der Waals surface area (Å²) in [5.41, 5.74) is 7.88. The molecule has 0 unspecified atom stereocenters. The summed E-state index contributed by atoms with van der Waals surface area (Å²) in [6, 6.07) is 27.9. The fourth-order valence-electron chi connectivity index (χ4n) is 5.24. The Hall–Kier alpha value is -3.93. The van der Waals surface area contributed by atoms with Crippen LogP contribution in [0.3, 0.4) is 0 Å². The van der Waals surface area contributed by atoms with E-state index in [1.54, 1.807) is 6.07 Å². The molecule has 0 atom stereocenters. The number of esters is 1. The van der Waals surface area contributed by atoms with Crippen LogP contribution in [-0.2, 0) is 21.4 Å². The highest BCUT2D eigenvalue weighted by molar-refractivity contribution is 6.43. The minimum absolute atomic E-state index is 0.120. The highest BCUT2D eigenvalue weighted by Crippen LogP contribution is 2.49. The number of nitrogens with zero attached hydrogens (tertiary/aromatic N) is 2. The van der Waals surface area contributed by atoms with Crippen molar-refractivity contribution in [1.82, 2.24) is 10.1 Å². The molecule has 7 heteroatoms. The normalized spacial score (nSPS) is 13.7. The summed E-state index contributed by atoms with van der Waals surface area (Å²) < 4.78 is 11.1. The van der Waals surface area contributed by atoms with E-state index in [9.17, 15) is 4.79 Å². The Morgan fingerprint density at radius 3 is 2.24 bits per heavy atom. The standard InChI is InChI=1S/C34H28Cl2N2O3/c1-3-40-33(39)34(18-19-34)25-16-14-23(15-17-25)22-10-12-24(13-11-22)32-28(21(2)38-41-32)20-26-6-4-9-30(37-26)27-7-5-8-29(35)31(27)36/h4-17H,3,18-20H2,1-2H3. The summed E-state index contributed by atoms with van der Waals surface area (Å²) in [7, 11) is 0. The van der Waals surface area contributed by atoms with Crippen molar-refractivity contribution in [2.45, 2.75) is 38.5 Å². The lowest BCUT2D eigenvalue weighted by atomic mass is 9.93. The van der Waals surface area contributed by atoms with E-state index in [2.05, 4.69) is 29.4 Å². The lowest BCUT2D eigenvalue weighted by molar-refractivity contribution is -0.146. The van der Waals surface area contributed by atoms with Crippen molar-refractivity contribution in [2.75, 3.05) is 6.61 Å². The first kappa shape index (κ1) is 27.3. The largest absolute Gasteiger partial charge is 0.465 e. The fourth-order valence-corrected chi connectivity index (χ4v) is 5.63. The van der Waals surface area contributed by atoms with Gasteiger partial charge in [0, 0.05) is 28.8 Å². The van der Waals surface area contributed by atoms with Gasteiger partial charge in [-0.25, -0.2) is 0 Å². The summed E-state index contributed by atoms with van der Waals surface area (Å²) in [4.78, 5) is 17.3. The van der Waals surface area contributed by atoms with Crippen LogP contribution in [0.15, 0.2) is 89.5 Å². The highest BCUT2D eigenvalue weighted by atomic mass is 35.5. The molecule has 0 amide bonds. The summed E-state index contributed by atoms with van der Waals surface area (Å²) in [5.74, 6) is 0.605. The molecular weight excluding hydrogens is 555 g/mol. The molecule has 0 saturated heterocycles. The van der Waals surface area contributed by atoms with Gasteiger partial charge in [-0.2, -0.15) is 0 Å². The van der Waals surface area contributed by atoms with Crippen molar-refractivity contribution in [3.63, 3.8) is 0 Å². The van der Waals surface area contributed by atoms with Crippen LogP contribution in [0.1, 0.15) is 42.3 Å². The first-order valence-corrected chi connectivity index (χ1v) is 14.4. The molecule has 206 valence electrons. The lowest BCUT2D eigenvalue weighted by Gasteiger charge is -2.14. The van der Waals surface area contributed by atoms with Gasteiger partial charge in [0.15, 0.2) is 5.76 Å². The van der Waals surface area contributed by atoms with Crippen molar-refractivity contribution in [3.8, 4) is 33.7 Å². The molecule has 0 N–H and O–H groups in total. The molecule has 1 saturated carbocycles. The second-order valence-electron chi connectivity index (χ2n) is 10.3. The van der Waals surface area contributed by atoms with E-state index in [1.165, 1.54) is 0 Å². The molecule has 2 aromatic heterocycles. The number of halogens is 2. The molecule has 5 nitrogen and oxygen atoms in total. The predicted octanol–water partition coefficient (Wildman–Crippen LogP) is 8.87. The molecule has 1 aliphatic carbocycles. The smallest absolute Gasteiger partial charge is 0.316 e. The maximum Gasteiger partial charge on any atom is 0.316 e. The zero-order chi connectivity index (χ0) is 28.6. The monoisotopic (exact) mass is 582 g/mol. The van der Waals surface area contributed by atoms with Gasteiger partial charge in [0.05, 0.1) is 33.5 Å². The van der Waals surface area contributed by atoms with Crippen LogP contribution in [-0.4, -0.2) is 22.7 Å². The zero-order valence-electron chi connectivity index (χ0n) is 22.8. The van der Waals surface area contributed by atoms with Crippen LogP contribution < -0.4 is 0 Å². The molecule has 1 aliphatic rings. The first-order valence-electron chi connectivity index (χ1n) is 13.6. The predicted molar refractivity (Wildman–Crippen MR) is 162 cm³/mol. The van der Waals surface area contributed by atoms with Gasteiger partial charge in [-0.15, -0.1) is 0 Å². The van der Waals surface area contributed by atoms with Gasteiger partial charge < -0.3 is 9.26 Å². The highest BCUT2D eigenvalue weighted by Gasteiger charge is 2.52. The fraction of sp³-hybridized carbons (Fsp3) is 0.206. The van der Waals surface area contributed by atoms with E-state index in [1.807, 2.05) is 68.4 Å². The Labute approximate surface area is 249 Å². The van der Waals surface area contributed by atoms with Crippen molar-refractivity contribution in [1.29, 1.82) is 0 Å². The topological polar surface area (TPSA) is 65.2 Å². The Bertz CT molecular complexity index is 1720. The minimum atomic E-state index is -0.465. The third kappa shape index (κ3) is 5.28. The number of rotatable bonds is 8. The van der Waals surface area contributed by atoms with Gasteiger partial charge in [-0.3, -0.25) is 9.78 Å². The van der Waals surface area contributed by atoms with E-state index in [4.69, 9.17) is 37.4 Å². The van der Waals surface area contributed by atoms with Crippen LogP contribution in [0.25, 0.3) is 33.7 Å². The quantitative estimate of drug-likeness (QED) is 0.171. The van der Waals surface area contributed by atoms with Crippen molar-refractivity contribution < 1.29 is 14.1 Å². The molecule has 0 aliphatic heterocycles. The number of hydrogen-bond donors (Lipinski definition) is 0. The number of aromatic nitrogens is 2. The van der Waals surface area contributed by atoms with E-state index in [0.717, 1.165) is 69.1 Å². The van der Waals surface area contributed by atoms with Crippen molar-refractivity contribution in [3.05, 3.63) is 117 Å². The Morgan fingerprint density at radius 1 is 0.902 bits per heavy atom. The number of pyridine rings is 1. The van der Waals surface area contributed by atoms with Crippen LogP contribution in [0.4, 0.5) is 0 Å². The van der Waals surface area contributed by atoms with Gasteiger partial charge in [-0.05, 0) is 61.6 Å². The molecule has 6 rings (SSSR count). The van der Waals surface area contributed by atoms with Crippen molar-refractivity contribution >= 4 is 29.2 Å². The number of aryl methyl sites for hydroxylation is 1. The maximum absolute atomic E-state index is 12.5. The lowest BCUT2D eigenvalue weighted by Crippen LogP contribution is -2.23. The van der Waals surface area contributed by atoms with Crippen LogP contribution in [0.2, 0.25) is 10.0 Å². The van der Waals surface area contributed by atoms with Gasteiger partial charge in [0.2, 0.25) is 0 Å². The second-order valence-corrected chi connectivity index (χ2v) is 11.1. The van der Waals surface area contributed by atoms with Gasteiger partial charge in [0.1, 0.15) is 0 Å². The summed E-state index contributed by atoms with van der Waals surface area (Å²) in [5, 5.41) is 5.25. The molecule has 5 aromatic rings. The van der Waals surface area contributed by atoms with E-state index >= 15 is 0 Å². The second kappa shape index (κ2) is 11.2. The average Bonchev–Trinajstić information content (AvgIpc) is 3.74. The number of carbonyl (C=O) groups is 1. The Balaban J connectivity index is 1.22. The SMILES string of the molecule is CCOC(=O)C1(c2ccc(-c3ccc(-c4onc(C)c4Cc4cccc(-c5cccc(Cl)c5Cl)n4)cc3)cc2)CC1. The molecule has 0 bridgehead atoms. The van der Waals surface area contributed by atoms with Gasteiger partial charge in [-0.1, -0.05) is 95.1 Å². The Kier molecular flexibility index (Phi) is 7.41. The summed E-state index contributed by atoms with van der Waals surface area (Å²) in [6.45, 7) is 4.19. The third-order valence-corrected chi connectivity index (χ3v) is 8.53. The molecule has 2 heterocycles. The molecule has 3 aromatic carbocycles. The summed E-state index contributed by atoms with van der Waals surface area (Å²) in [6.07, 6.45) is 2.24. The molecular formula is C34H28Cl2N2O3.